The van der Waals surface area contributed by atoms with Crippen LogP contribution in [0, 0.1) is 5.92 Å². The molecule has 0 bridgehead atoms. The summed E-state index contributed by atoms with van der Waals surface area (Å²) < 4.78 is 10.2. The number of carboxylic acid groups (broad SMARTS) is 1. The van der Waals surface area contributed by atoms with Gasteiger partial charge >= 0.3 is 5.97 Å². The van der Waals surface area contributed by atoms with Gasteiger partial charge in [-0.25, -0.2) is 14.2 Å². The van der Waals surface area contributed by atoms with Crippen molar-refractivity contribution in [3.63, 3.8) is 0 Å². The molecule has 3 aliphatic rings. The van der Waals surface area contributed by atoms with Crippen molar-refractivity contribution in [1.82, 2.24) is 29.7 Å². The quantitative estimate of drug-likeness (QED) is 0.268. The van der Waals surface area contributed by atoms with Gasteiger partial charge < -0.3 is 14.7 Å². The summed E-state index contributed by atoms with van der Waals surface area (Å²) in [7, 11) is 2.10. The maximum absolute atomic E-state index is 12.2. The van der Waals surface area contributed by atoms with E-state index in [1.165, 1.54) is 38.3 Å². The minimum absolute atomic E-state index is 0.0227. The van der Waals surface area contributed by atoms with Crippen molar-refractivity contribution in [3.05, 3.63) is 77.9 Å². The van der Waals surface area contributed by atoms with E-state index in [4.69, 9.17) is 4.74 Å². The van der Waals surface area contributed by atoms with E-state index in [0.29, 0.717) is 12.0 Å². The van der Waals surface area contributed by atoms with Gasteiger partial charge in [0.05, 0.1) is 35.4 Å². The lowest BCUT2D eigenvalue weighted by atomic mass is 9.86. The number of nitrogens with zero attached hydrogens (tertiary/aromatic N) is 6. The second-order valence-corrected chi connectivity index (χ2v) is 12.4. The molecule has 9 nitrogen and oxygen atoms in total. The summed E-state index contributed by atoms with van der Waals surface area (Å²) in [6.07, 6.45) is 10.9. The second-order valence-electron chi connectivity index (χ2n) is 12.4. The van der Waals surface area contributed by atoms with E-state index in [2.05, 4.69) is 58.5 Å². The Morgan fingerprint density at radius 1 is 1.02 bits per heavy atom. The zero-order valence-electron chi connectivity index (χ0n) is 24.3. The van der Waals surface area contributed by atoms with Crippen LogP contribution in [0.3, 0.4) is 0 Å². The Balaban J connectivity index is 1.13. The van der Waals surface area contributed by atoms with Crippen molar-refractivity contribution in [2.45, 2.75) is 69.4 Å². The first-order valence-corrected chi connectivity index (χ1v) is 15.2. The van der Waals surface area contributed by atoms with Crippen molar-refractivity contribution >= 4 is 5.97 Å². The maximum atomic E-state index is 12.2. The van der Waals surface area contributed by atoms with Gasteiger partial charge in [0.1, 0.15) is 11.3 Å². The van der Waals surface area contributed by atoms with Crippen LogP contribution in [0.25, 0.3) is 16.8 Å². The number of rotatable bonds is 9. The third kappa shape index (κ3) is 5.22. The molecule has 4 aromatic rings. The fourth-order valence-corrected chi connectivity index (χ4v) is 6.86. The molecule has 1 aliphatic heterocycles. The van der Waals surface area contributed by atoms with Gasteiger partial charge in [0.25, 0.3) is 0 Å². The number of carbonyl (C=O) groups is 1. The minimum atomic E-state index is -0.962. The number of hydrogen-bond acceptors (Lipinski definition) is 6. The van der Waals surface area contributed by atoms with Crippen LogP contribution in [0.5, 0.6) is 5.75 Å². The van der Waals surface area contributed by atoms with Gasteiger partial charge in [-0.15, -0.1) is 5.10 Å². The molecular formula is C33H38N6O3. The summed E-state index contributed by atoms with van der Waals surface area (Å²) in [5.41, 5.74) is 4.81. The topological polar surface area (TPSA) is 98.3 Å². The van der Waals surface area contributed by atoms with Crippen LogP contribution in [-0.4, -0.2) is 67.0 Å². The number of ether oxygens (including phenoxy) is 1. The third-order valence-corrected chi connectivity index (χ3v) is 9.40. The molecule has 9 heteroatoms. The maximum Gasteiger partial charge on any atom is 0.339 e. The minimum Gasteiger partial charge on any atom is -0.490 e. The van der Waals surface area contributed by atoms with Gasteiger partial charge in [-0.3, -0.25) is 0 Å². The van der Waals surface area contributed by atoms with Crippen molar-refractivity contribution in [2.24, 2.45) is 5.92 Å². The van der Waals surface area contributed by atoms with Crippen molar-refractivity contribution in [1.29, 1.82) is 0 Å². The Morgan fingerprint density at radius 2 is 1.79 bits per heavy atom. The number of likely N-dealkylation sites (tertiary alicyclic amines) is 1. The highest BCUT2D eigenvalue weighted by atomic mass is 16.5. The largest absolute Gasteiger partial charge is 0.490 e. The average molecular weight is 567 g/mol. The first kappa shape index (κ1) is 26.9. The monoisotopic (exact) mass is 566 g/mol. The summed E-state index contributed by atoms with van der Waals surface area (Å²) in [4.78, 5) is 14.5. The molecule has 7 rings (SSSR count). The molecule has 2 aliphatic carbocycles. The van der Waals surface area contributed by atoms with Crippen LogP contribution < -0.4 is 4.74 Å². The molecule has 0 radical (unpaired) electrons. The number of aromatic carboxylic acids is 1. The van der Waals surface area contributed by atoms with Gasteiger partial charge in [-0.2, -0.15) is 5.10 Å². The first-order valence-electron chi connectivity index (χ1n) is 15.2. The van der Waals surface area contributed by atoms with Gasteiger partial charge in [0, 0.05) is 31.1 Å². The summed E-state index contributed by atoms with van der Waals surface area (Å²) in [6, 6.07) is 16.8. The van der Waals surface area contributed by atoms with E-state index in [-0.39, 0.29) is 23.5 Å². The van der Waals surface area contributed by atoms with Gasteiger partial charge in [-0.05, 0) is 74.5 Å². The third-order valence-electron chi connectivity index (χ3n) is 9.40. The van der Waals surface area contributed by atoms with E-state index in [9.17, 15) is 9.90 Å². The fraction of sp³-hybridized carbons (Fsp3) is 0.455. The van der Waals surface area contributed by atoms with E-state index in [0.717, 1.165) is 53.5 Å². The van der Waals surface area contributed by atoms with Crippen molar-refractivity contribution in [3.8, 4) is 22.6 Å². The lowest BCUT2D eigenvalue weighted by molar-refractivity contribution is 0.0695. The number of aromatic nitrogens is 5. The summed E-state index contributed by atoms with van der Waals surface area (Å²) in [5.74, 6) is 0.688. The molecule has 42 heavy (non-hydrogen) atoms. The molecule has 2 aromatic heterocycles. The standard InChI is InChI=1S/C33H38N6O3/c1-21(22-8-4-3-5-9-22)42-27-13-7-11-24(15-27)23-10-6-12-25(14-23)39-32(30(17-34-39)33(40)41)29-16-28(29)31-20-38(36-35-31)26-18-37(2)19-26/h6-7,10-15,17,20-22,26,28-29H,3-5,8-9,16,18-19H2,1-2H3,(H,40,41)/t21?,28-,29-/m1/s1. The van der Waals surface area contributed by atoms with Crippen molar-refractivity contribution < 1.29 is 14.6 Å². The van der Waals surface area contributed by atoms with Gasteiger partial charge in [-0.1, -0.05) is 48.7 Å². The van der Waals surface area contributed by atoms with Crippen molar-refractivity contribution in [2.75, 3.05) is 20.1 Å². The normalized spacial score (nSPS) is 22.0. The lowest BCUT2D eigenvalue weighted by Crippen LogP contribution is -2.45. The predicted octanol–water partition coefficient (Wildman–Crippen LogP) is 5.93. The molecule has 3 atom stereocenters. The molecule has 2 aromatic carbocycles. The zero-order valence-corrected chi connectivity index (χ0v) is 24.3. The molecule has 218 valence electrons. The molecular weight excluding hydrogens is 528 g/mol. The highest BCUT2D eigenvalue weighted by molar-refractivity contribution is 5.89. The smallest absolute Gasteiger partial charge is 0.339 e. The van der Waals surface area contributed by atoms with Crippen LogP contribution in [0.1, 0.15) is 85.1 Å². The first-order chi connectivity index (χ1) is 20.4. The Morgan fingerprint density at radius 3 is 2.55 bits per heavy atom. The molecule has 2 saturated carbocycles. The van der Waals surface area contributed by atoms with Gasteiger partial charge in [0.2, 0.25) is 0 Å². The molecule has 1 unspecified atom stereocenters. The highest BCUT2D eigenvalue weighted by Crippen LogP contribution is 2.55. The summed E-state index contributed by atoms with van der Waals surface area (Å²) in [5, 5.41) is 23.4. The Labute approximate surface area is 246 Å². The highest BCUT2D eigenvalue weighted by Gasteiger charge is 2.46. The molecule has 3 heterocycles. The number of likely N-dealkylation sites (N-methyl/N-ethyl adjacent to an activating group) is 1. The Hall–Kier alpha value is -3.98. The average Bonchev–Trinajstić information content (AvgIpc) is 3.40. The van der Waals surface area contributed by atoms with E-state index in [1.54, 1.807) is 4.68 Å². The fourth-order valence-electron chi connectivity index (χ4n) is 6.86. The summed E-state index contributed by atoms with van der Waals surface area (Å²) >= 11 is 0. The number of carboxylic acids is 1. The van der Waals surface area contributed by atoms with E-state index in [1.807, 2.05) is 35.1 Å². The SMILES string of the molecule is CC(Oc1cccc(-c2cccc(-n3ncc(C(=O)O)c3[C@@H]3C[C@H]3c3cn(C4CN(C)C4)nn3)c2)c1)C1CCCCC1. The van der Waals surface area contributed by atoms with Gasteiger partial charge in [0.15, 0.2) is 0 Å². The predicted molar refractivity (Wildman–Crippen MR) is 159 cm³/mol. The molecule has 1 saturated heterocycles. The number of benzene rings is 2. The second kappa shape index (κ2) is 11.0. The van der Waals surface area contributed by atoms with Crippen LogP contribution in [-0.2, 0) is 0 Å². The zero-order chi connectivity index (χ0) is 28.8. The van der Waals surface area contributed by atoms with Crippen LogP contribution in [0.4, 0.5) is 0 Å². The Bertz CT molecular complexity index is 1580. The lowest BCUT2D eigenvalue weighted by Gasteiger charge is -2.35. The van der Waals surface area contributed by atoms with Crippen LogP contribution in [0.15, 0.2) is 60.9 Å². The van der Waals surface area contributed by atoms with E-state index < -0.39 is 5.97 Å². The summed E-state index contributed by atoms with van der Waals surface area (Å²) in [6.45, 7) is 4.13. The molecule has 1 N–H and O–H groups in total. The Kier molecular flexibility index (Phi) is 7.06. The molecule has 0 amide bonds. The van der Waals surface area contributed by atoms with Crippen LogP contribution >= 0.6 is 0 Å². The molecule has 0 spiro atoms. The molecule has 3 fully saturated rings. The van der Waals surface area contributed by atoms with Crippen LogP contribution in [0.2, 0.25) is 0 Å². The number of hydrogen-bond donors (Lipinski definition) is 1. The van der Waals surface area contributed by atoms with E-state index >= 15 is 0 Å².